The van der Waals surface area contributed by atoms with E-state index in [0.717, 1.165) is 28.8 Å². The van der Waals surface area contributed by atoms with Gasteiger partial charge in [0.25, 0.3) is 0 Å². The minimum Gasteiger partial charge on any atom is -0.508 e. The number of carbonyl (C=O) groups is 3. The Morgan fingerprint density at radius 2 is 1.58 bits per heavy atom. The Morgan fingerprint density at radius 1 is 0.956 bits per heavy atom. The van der Waals surface area contributed by atoms with Crippen LogP contribution in [0.4, 0.5) is 13.6 Å². The maximum absolute atomic E-state index is 14.3. The molecule has 4 rings (SSSR count). The molecule has 2 atom stereocenters. The number of urea groups is 1. The van der Waals surface area contributed by atoms with E-state index in [9.17, 15) is 28.3 Å². The van der Waals surface area contributed by atoms with E-state index in [2.05, 4.69) is 26.3 Å². The number of fused-ring (bicyclic) bond motifs is 1. The predicted molar refractivity (Wildman–Crippen MR) is 165 cm³/mol. The Hall–Kier alpha value is -5.04. The van der Waals surface area contributed by atoms with Gasteiger partial charge in [-0.15, -0.1) is 0 Å². The van der Waals surface area contributed by atoms with Crippen molar-refractivity contribution in [3.05, 3.63) is 101 Å². The molecule has 0 aliphatic carbocycles. The predicted octanol–water partition coefficient (Wildman–Crippen LogP) is 2.94. The molecule has 0 saturated carbocycles. The largest absolute Gasteiger partial charge is 0.508 e. The van der Waals surface area contributed by atoms with Gasteiger partial charge in [0.1, 0.15) is 29.5 Å². The summed E-state index contributed by atoms with van der Waals surface area (Å²) in [4.78, 5) is 45.1. The number of nitrogens with one attached hydrogen (secondary N) is 4. The molecular formula is C32H37F2N7O4. The molecule has 45 heavy (non-hydrogen) atoms. The number of aliphatic imine (C=N–C) groups is 1. The monoisotopic (exact) mass is 621 g/mol. The first-order valence-corrected chi connectivity index (χ1v) is 14.6. The minimum atomic E-state index is -1.09. The third kappa shape index (κ3) is 8.99. The fourth-order valence-corrected chi connectivity index (χ4v) is 5.14. The lowest BCUT2D eigenvalue weighted by molar-refractivity contribution is -0.132. The second-order valence-electron chi connectivity index (χ2n) is 10.5. The molecule has 0 spiro atoms. The first-order chi connectivity index (χ1) is 21.7. The van der Waals surface area contributed by atoms with Gasteiger partial charge < -0.3 is 26.8 Å². The summed E-state index contributed by atoms with van der Waals surface area (Å²) in [5, 5.41) is 19.7. The minimum absolute atomic E-state index is 0.109. The van der Waals surface area contributed by atoms with Crippen LogP contribution < -0.4 is 27.0 Å². The molecule has 3 aromatic rings. The number of guanidine groups is 1. The number of nitrogens with two attached hydrogens (primary N) is 1. The maximum Gasteiger partial charge on any atom is 0.321 e. The Morgan fingerprint density at radius 3 is 2.20 bits per heavy atom. The molecule has 238 valence electrons. The van der Waals surface area contributed by atoms with Crippen LogP contribution in [0.25, 0.3) is 0 Å². The van der Waals surface area contributed by atoms with Crippen LogP contribution in [-0.4, -0.2) is 52.9 Å². The normalized spacial score (nSPS) is 14.2. The highest BCUT2D eigenvalue weighted by atomic mass is 19.1. The van der Waals surface area contributed by atoms with Crippen molar-refractivity contribution in [1.82, 2.24) is 26.2 Å². The van der Waals surface area contributed by atoms with E-state index in [0.29, 0.717) is 19.6 Å². The summed E-state index contributed by atoms with van der Waals surface area (Å²) in [7, 11) is 0. The number of nitrogens with zero attached hydrogens (tertiary/aromatic N) is 2. The van der Waals surface area contributed by atoms with Crippen molar-refractivity contribution in [3.8, 4) is 5.75 Å². The third-order valence-corrected chi connectivity index (χ3v) is 7.30. The van der Waals surface area contributed by atoms with E-state index in [4.69, 9.17) is 5.73 Å². The zero-order valence-electron chi connectivity index (χ0n) is 24.9. The lowest BCUT2D eigenvalue weighted by atomic mass is 10.0. The van der Waals surface area contributed by atoms with Crippen molar-refractivity contribution in [2.75, 3.05) is 13.1 Å². The summed E-state index contributed by atoms with van der Waals surface area (Å²) < 4.78 is 28.7. The van der Waals surface area contributed by atoms with E-state index in [1.807, 2.05) is 59.5 Å². The van der Waals surface area contributed by atoms with Gasteiger partial charge in [-0.25, -0.2) is 13.6 Å². The van der Waals surface area contributed by atoms with Gasteiger partial charge in [0.05, 0.1) is 0 Å². The molecule has 0 bridgehead atoms. The van der Waals surface area contributed by atoms with Gasteiger partial charge in [-0.3, -0.25) is 24.8 Å². The molecule has 4 amide bonds. The average Bonchev–Trinajstić information content (AvgIpc) is 3.42. The van der Waals surface area contributed by atoms with Gasteiger partial charge in [-0.1, -0.05) is 54.6 Å². The summed E-state index contributed by atoms with van der Waals surface area (Å²) in [6.45, 7) is 2.84. The van der Waals surface area contributed by atoms with Crippen molar-refractivity contribution in [2.45, 2.75) is 51.5 Å². The first kappa shape index (κ1) is 32.9. The number of hydrogen-bond acceptors (Lipinski definition) is 6. The second kappa shape index (κ2) is 15.6. The van der Waals surface area contributed by atoms with Crippen molar-refractivity contribution in [2.24, 2.45) is 10.7 Å². The molecule has 11 nitrogen and oxygen atoms in total. The van der Waals surface area contributed by atoms with E-state index in [1.165, 1.54) is 0 Å². The van der Waals surface area contributed by atoms with Crippen LogP contribution in [0, 0.1) is 11.6 Å². The summed E-state index contributed by atoms with van der Waals surface area (Å²) in [5.41, 5.74) is 8.28. The third-order valence-electron chi connectivity index (χ3n) is 7.30. The lowest BCUT2D eigenvalue weighted by Crippen LogP contribution is -2.50. The summed E-state index contributed by atoms with van der Waals surface area (Å²) in [5.74, 6) is -3.81. The number of benzene rings is 3. The fraction of sp³-hybridized carbons (Fsp3) is 0.312. The number of phenols is 1. The van der Waals surface area contributed by atoms with Gasteiger partial charge in [-0.2, -0.15) is 0 Å². The van der Waals surface area contributed by atoms with Gasteiger partial charge in [0.15, 0.2) is 5.96 Å². The van der Waals surface area contributed by atoms with Gasteiger partial charge in [0.2, 0.25) is 11.8 Å². The molecule has 1 aliphatic rings. The van der Waals surface area contributed by atoms with Crippen LogP contribution >= 0.6 is 0 Å². The topological polar surface area (TPSA) is 161 Å². The fourth-order valence-electron chi connectivity index (χ4n) is 5.14. The lowest BCUT2D eigenvalue weighted by Gasteiger charge is -2.29. The van der Waals surface area contributed by atoms with E-state index >= 15 is 0 Å². The SMILES string of the molecule is CCNC(=O)NC(N)=NCCC[C@@H](NC(=O)C(c1ccccc1)N1Cc2ccccc2C1)C(=O)NCc1c(F)cc(O)cc1F. The molecule has 1 unspecified atom stereocenters. The molecule has 0 radical (unpaired) electrons. The first-order valence-electron chi connectivity index (χ1n) is 14.6. The van der Waals surface area contributed by atoms with Crippen molar-refractivity contribution in [3.63, 3.8) is 0 Å². The second-order valence-corrected chi connectivity index (χ2v) is 10.5. The zero-order valence-corrected chi connectivity index (χ0v) is 24.9. The van der Waals surface area contributed by atoms with Crippen molar-refractivity contribution < 1.29 is 28.3 Å². The summed E-state index contributed by atoms with van der Waals surface area (Å²) in [6, 6.07) is 16.3. The number of rotatable bonds is 12. The number of halogens is 2. The summed E-state index contributed by atoms with van der Waals surface area (Å²) >= 11 is 0. The van der Waals surface area contributed by atoms with Crippen molar-refractivity contribution >= 4 is 23.8 Å². The standard InChI is InChI=1S/C32H37F2N7O4/c1-2-36-32(45)40-31(35)37-14-8-13-27(29(43)38-17-24-25(33)15-23(42)16-26(24)34)39-30(44)28(20-9-4-3-5-10-20)41-18-21-11-6-7-12-22(21)19-41/h3-7,9-12,15-16,27-28,42H,2,8,13-14,17-19H2,1H3,(H,38,43)(H,39,44)(H4,35,36,37,40,45)/t27-,28?/m1/s1. The Balaban J connectivity index is 1.51. The highest BCUT2D eigenvalue weighted by Crippen LogP contribution is 2.31. The molecular weight excluding hydrogens is 584 g/mol. The smallest absolute Gasteiger partial charge is 0.321 e. The molecule has 0 aromatic heterocycles. The van der Waals surface area contributed by atoms with Crippen LogP contribution in [0.5, 0.6) is 5.75 Å². The molecule has 0 fully saturated rings. The Kier molecular flexibility index (Phi) is 11.4. The Labute approximate surface area is 259 Å². The van der Waals surface area contributed by atoms with Gasteiger partial charge >= 0.3 is 6.03 Å². The van der Waals surface area contributed by atoms with Crippen LogP contribution in [0.2, 0.25) is 0 Å². The van der Waals surface area contributed by atoms with E-state index in [1.54, 1.807) is 6.92 Å². The number of aromatic hydroxyl groups is 1. The van der Waals surface area contributed by atoms with Gasteiger partial charge in [0, 0.05) is 50.4 Å². The highest BCUT2D eigenvalue weighted by molar-refractivity contribution is 5.95. The van der Waals surface area contributed by atoms with Crippen LogP contribution in [-0.2, 0) is 29.2 Å². The molecule has 0 saturated heterocycles. The molecule has 1 heterocycles. The number of amides is 4. The molecule has 1 aliphatic heterocycles. The van der Waals surface area contributed by atoms with Crippen LogP contribution in [0.1, 0.15) is 48.1 Å². The quantitative estimate of drug-likeness (QED) is 0.104. The average molecular weight is 622 g/mol. The zero-order chi connectivity index (χ0) is 32.3. The van der Waals surface area contributed by atoms with Crippen molar-refractivity contribution in [1.29, 1.82) is 0 Å². The number of phenolic OH excluding ortho intramolecular Hbond substituents is 1. The maximum atomic E-state index is 14.3. The molecule has 3 aromatic carbocycles. The van der Waals surface area contributed by atoms with Crippen LogP contribution in [0.3, 0.4) is 0 Å². The Bertz CT molecular complexity index is 1490. The molecule has 13 heteroatoms. The van der Waals surface area contributed by atoms with Crippen LogP contribution in [0.15, 0.2) is 71.7 Å². The highest BCUT2D eigenvalue weighted by Gasteiger charge is 2.34. The molecule has 7 N–H and O–H groups in total. The number of carbonyl (C=O) groups excluding carboxylic acids is 3. The number of hydrogen-bond donors (Lipinski definition) is 6. The van der Waals surface area contributed by atoms with Gasteiger partial charge in [-0.05, 0) is 36.5 Å². The van der Waals surface area contributed by atoms with E-state index < -0.39 is 59.4 Å². The van der Waals surface area contributed by atoms with E-state index in [-0.39, 0.29) is 25.3 Å². The summed E-state index contributed by atoms with van der Waals surface area (Å²) in [6.07, 6.45) is 0.390.